The van der Waals surface area contributed by atoms with Crippen LogP contribution in [0.3, 0.4) is 0 Å². The van der Waals surface area contributed by atoms with Crippen LogP contribution in [0.1, 0.15) is 19.8 Å². The number of carboxylic acids is 1. The Morgan fingerprint density at radius 1 is 1.69 bits per heavy atom. The standard InChI is InChI=1S/C10H18FN3O2/c1-10(13,9(15)16)8(11)4-2-3-6-14-7-5-12/h4-5,12,14H,2-3,6-7,13H2,1H3,(H,15,16)/b8-4-,12-5?. The van der Waals surface area contributed by atoms with E-state index in [4.69, 9.17) is 16.2 Å². The lowest BCUT2D eigenvalue weighted by Crippen LogP contribution is -2.45. The first-order valence-corrected chi connectivity index (χ1v) is 5.01. The van der Waals surface area contributed by atoms with E-state index in [1.54, 1.807) is 0 Å². The van der Waals surface area contributed by atoms with Crippen molar-refractivity contribution in [1.82, 2.24) is 5.32 Å². The fraction of sp³-hybridized carbons (Fsp3) is 0.600. The van der Waals surface area contributed by atoms with Gasteiger partial charge in [-0.2, -0.15) is 0 Å². The van der Waals surface area contributed by atoms with Crippen molar-refractivity contribution in [2.24, 2.45) is 5.73 Å². The molecule has 0 fully saturated rings. The van der Waals surface area contributed by atoms with Crippen LogP contribution < -0.4 is 11.1 Å². The molecule has 0 rings (SSSR count). The van der Waals surface area contributed by atoms with Crippen molar-refractivity contribution in [3.63, 3.8) is 0 Å². The van der Waals surface area contributed by atoms with E-state index in [0.717, 1.165) is 6.92 Å². The minimum Gasteiger partial charge on any atom is -0.480 e. The molecule has 0 saturated heterocycles. The Labute approximate surface area is 94.0 Å². The molecule has 0 aromatic carbocycles. The number of nitrogens with two attached hydrogens (primary N) is 1. The second-order valence-electron chi connectivity index (χ2n) is 3.61. The van der Waals surface area contributed by atoms with Gasteiger partial charge in [-0.1, -0.05) is 6.08 Å². The fourth-order valence-electron chi connectivity index (χ4n) is 0.944. The number of unbranched alkanes of at least 4 members (excludes halogenated alkanes) is 1. The van der Waals surface area contributed by atoms with E-state index in [9.17, 15) is 9.18 Å². The predicted octanol–water partition coefficient (Wildman–Crippen LogP) is 0.661. The number of carboxylic acid groups (broad SMARTS) is 1. The van der Waals surface area contributed by atoms with Crippen LogP contribution in [-0.2, 0) is 4.79 Å². The molecule has 92 valence electrons. The van der Waals surface area contributed by atoms with E-state index in [1.165, 1.54) is 12.3 Å². The van der Waals surface area contributed by atoms with Gasteiger partial charge in [0.2, 0.25) is 0 Å². The van der Waals surface area contributed by atoms with Gasteiger partial charge < -0.3 is 21.6 Å². The Morgan fingerprint density at radius 3 is 2.81 bits per heavy atom. The number of aliphatic carboxylic acids is 1. The Bertz CT molecular complexity index is 277. The first-order chi connectivity index (χ1) is 7.42. The Balaban J connectivity index is 3.96. The molecule has 0 aliphatic rings. The van der Waals surface area contributed by atoms with Crippen LogP contribution in [0.25, 0.3) is 0 Å². The summed E-state index contributed by atoms with van der Waals surface area (Å²) in [6.07, 6.45) is 3.51. The number of nitrogens with one attached hydrogen (secondary N) is 2. The maximum absolute atomic E-state index is 13.3. The fourth-order valence-corrected chi connectivity index (χ4v) is 0.944. The number of rotatable bonds is 8. The summed E-state index contributed by atoms with van der Waals surface area (Å²) < 4.78 is 13.3. The number of hydrogen-bond acceptors (Lipinski definition) is 4. The first-order valence-electron chi connectivity index (χ1n) is 5.01. The highest BCUT2D eigenvalue weighted by Crippen LogP contribution is 2.16. The van der Waals surface area contributed by atoms with Gasteiger partial charge in [-0.05, 0) is 26.3 Å². The summed E-state index contributed by atoms with van der Waals surface area (Å²) in [6.45, 7) is 2.25. The Kier molecular flexibility index (Phi) is 6.52. The lowest BCUT2D eigenvalue weighted by molar-refractivity contribution is -0.141. The molecule has 0 radical (unpaired) electrons. The third-order valence-corrected chi connectivity index (χ3v) is 2.07. The van der Waals surface area contributed by atoms with Gasteiger partial charge in [0, 0.05) is 12.8 Å². The lowest BCUT2D eigenvalue weighted by atomic mass is 10.0. The molecule has 1 unspecified atom stereocenters. The maximum atomic E-state index is 13.3. The summed E-state index contributed by atoms with van der Waals surface area (Å²) in [7, 11) is 0. The van der Waals surface area contributed by atoms with Crippen LogP contribution in [0, 0.1) is 5.41 Å². The van der Waals surface area contributed by atoms with E-state index in [1.807, 2.05) is 0 Å². The van der Waals surface area contributed by atoms with Crippen LogP contribution in [0.5, 0.6) is 0 Å². The Hall–Kier alpha value is -1.27. The highest BCUT2D eigenvalue weighted by molar-refractivity contribution is 5.81. The van der Waals surface area contributed by atoms with E-state index >= 15 is 0 Å². The molecule has 5 N–H and O–H groups in total. The summed E-state index contributed by atoms with van der Waals surface area (Å²) in [5.74, 6) is -2.21. The van der Waals surface area contributed by atoms with Crippen LogP contribution in [0.2, 0.25) is 0 Å². The van der Waals surface area contributed by atoms with Gasteiger partial charge in [0.1, 0.15) is 5.83 Å². The van der Waals surface area contributed by atoms with Gasteiger partial charge >= 0.3 is 5.97 Å². The van der Waals surface area contributed by atoms with Crippen molar-refractivity contribution in [3.05, 3.63) is 11.9 Å². The summed E-state index contributed by atoms with van der Waals surface area (Å²) in [4.78, 5) is 10.6. The van der Waals surface area contributed by atoms with Gasteiger partial charge in [0.15, 0.2) is 5.54 Å². The van der Waals surface area contributed by atoms with Crippen molar-refractivity contribution in [1.29, 1.82) is 5.41 Å². The van der Waals surface area contributed by atoms with Gasteiger partial charge in [-0.15, -0.1) is 0 Å². The second-order valence-corrected chi connectivity index (χ2v) is 3.61. The van der Waals surface area contributed by atoms with Crippen LogP contribution in [0.15, 0.2) is 11.9 Å². The van der Waals surface area contributed by atoms with E-state index in [0.29, 0.717) is 25.9 Å². The molecule has 0 spiro atoms. The van der Waals surface area contributed by atoms with Crippen molar-refractivity contribution >= 4 is 12.2 Å². The molecule has 1 atom stereocenters. The topological polar surface area (TPSA) is 99.2 Å². The number of halogens is 1. The average molecular weight is 231 g/mol. The molecule has 0 saturated carbocycles. The second kappa shape index (κ2) is 7.08. The Morgan fingerprint density at radius 2 is 2.31 bits per heavy atom. The molecular formula is C10H18FN3O2. The minimum atomic E-state index is -1.94. The minimum absolute atomic E-state index is 0.414. The molecule has 0 aliphatic carbocycles. The number of hydrogen-bond donors (Lipinski definition) is 4. The van der Waals surface area contributed by atoms with Gasteiger partial charge in [-0.25, -0.2) is 9.18 Å². The van der Waals surface area contributed by atoms with E-state index in [2.05, 4.69) is 5.32 Å². The summed E-state index contributed by atoms with van der Waals surface area (Å²) >= 11 is 0. The van der Waals surface area contributed by atoms with Gasteiger partial charge in [0.05, 0.1) is 0 Å². The van der Waals surface area contributed by atoms with Crippen LogP contribution >= 0.6 is 0 Å². The number of allylic oxidation sites excluding steroid dienone is 1. The number of carbonyl (C=O) groups is 1. The van der Waals surface area contributed by atoms with Crippen molar-refractivity contribution < 1.29 is 14.3 Å². The highest BCUT2D eigenvalue weighted by atomic mass is 19.1. The average Bonchev–Trinajstić information content (AvgIpc) is 2.22. The zero-order valence-corrected chi connectivity index (χ0v) is 9.29. The lowest BCUT2D eigenvalue weighted by Gasteiger charge is -2.16. The zero-order chi connectivity index (χ0) is 12.6. The molecule has 0 bridgehead atoms. The largest absolute Gasteiger partial charge is 0.480 e. The molecule has 5 nitrogen and oxygen atoms in total. The maximum Gasteiger partial charge on any atom is 0.330 e. The monoisotopic (exact) mass is 231 g/mol. The van der Waals surface area contributed by atoms with E-state index in [-0.39, 0.29) is 0 Å². The van der Waals surface area contributed by atoms with Crippen LogP contribution in [-0.4, -0.2) is 35.9 Å². The molecule has 0 aliphatic heterocycles. The zero-order valence-electron chi connectivity index (χ0n) is 9.29. The van der Waals surface area contributed by atoms with Gasteiger partial charge in [0.25, 0.3) is 0 Å². The summed E-state index contributed by atoms with van der Waals surface area (Å²) in [6, 6.07) is 0. The molecule has 0 aromatic heterocycles. The summed E-state index contributed by atoms with van der Waals surface area (Å²) in [5, 5.41) is 18.3. The SMILES string of the molecule is CC(N)(C(=O)O)/C(F)=C/CCCNCC=N. The quantitative estimate of drug-likeness (QED) is 0.364. The normalized spacial score (nSPS) is 15.6. The van der Waals surface area contributed by atoms with Crippen molar-refractivity contribution in [2.75, 3.05) is 13.1 Å². The van der Waals surface area contributed by atoms with Gasteiger partial charge in [-0.3, -0.25) is 0 Å². The first kappa shape index (κ1) is 14.7. The highest BCUT2D eigenvalue weighted by Gasteiger charge is 2.33. The molecule has 0 heterocycles. The predicted molar refractivity (Wildman–Crippen MR) is 60.3 cm³/mol. The van der Waals surface area contributed by atoms with Crippen molar-refractivity contribution in [2.45, 2.75) is 25.3 Å². The smallest absolute Gasteiger partial charge is 0.330 e. The third-order valence-electron chi connectivity index (χ3n) is 2.07. The van der Waals surface area contributed by atoms with Crippen molar-refractivity contribution in [3.8, 4) is 0 Å². The summed E-state index contributed by atoms with van der Waals surface area (Å²) in [5.41, 5.74) is 3.34. The molecule has 0 amide bonds. The van der Waals surface area contributed by atoms with E-state index < -0.39 is 17.3 Å². The molecule has 0 aromatic rings. The third kappa shape index (κ3) is 4.99. The molecule has 16 heavy (non-hydrogen) atoms. The van der Waals surface area contributed by atoms with Crippen LogP contribution in [0.4, 0.5) is 4.39 Å². The molecular weight excluding hydrogens is 213 g/mol. The molecule has 6 heteroatoms.